The fourth-order valence-electron chi connectivity index (χ4n) is 4.04. The summed E-state index contributed by atoms with van der Waals surface area (Å²) in [6.07, 6.45) is 2.05. The van der Waals surface area contributed by atoms with Crippen LogP contribution in [0.25, 0.3) is 16.2 Å². The van der Waals surface area contributed by atoms with Crippen molar-refractivity contribution in [3.05, 3.63) is 83.4 Å². The summed E-state index contributed by atoms with van der Waals surface area (Å²) < 4.78 is 35.4. The van der Waals surface area contributed by atoms with Crippen LogP contribution in [0.5, 0.6) is 5.75 Å². The molecule has 0 unspecified atom stereocenters. The van der Waals surface area contributed by atoms with Gasteiger partial charge in [-0.1, -0.05) is 0 Å². The zero-order valence-electron chi connectivity index (χ0n) is 21.5. The van der Waals surface area contributed by atoms with Crippen molar-refractivity contribution >= 4 is 43.7 Å². The lowest BCUT2D eigenvalue weighted by molar-refractivity contribution is -0.115. The number of hydrogen-bond donors (Lipinski definition) is 2. The number of fused-ring (bicyclic) bond motifs is 1. The Bertz CT molecular complexity index is 1720. The number of hydrogen-bond acceptors (Lipinski definition) is 8. The summed E-state index contributed by atoms with van der Waals surface area (Å²) in [6, 6.07) is 15.2. The second kappa shape index (κ2) is 10.8. The molecule has 0 saturated heterocycles. The number of thiazole rings is 1. The first-order chi connectivity index (χ1) is 18.7. The van der Waals surface area contributed by atoms with Gasteiger partial charge in [-0.25, -0.2) is 23.4 Å². The van der Waals surface area contributed by atoms with Gasteiger partial charge in [-0.15, -0.1) is 11.3 Å². The lowest BCUT2D eigenvalue weighted by Gasteiger charge is -2.10. The van der Waals surface area contributed by atoms with Crippen LogP contribution >= 0.6 is 11.3 Å². The van der Waals surface area contributed by atoms with Crippen molar-refractivity contribution in [1.29, 1.82) is 0 Å². The molecule has 0 saturated carbocycles. The highest BCUT2D eigenvalue weighted by Crippen LogP contribution is 2.26. The highest BCUT2D eigenvalue weighted by Gasteiger charge is 2.17. The molecule has 0 radical (unpaired) electrons. The second-order valence-electron chi connectivity index (χ2n) is 8.76. The van der Waals surface area contributed by atoms with Crippen molar-refractivity contribution in [2.75, 3.05) is 16.6 Å². The largest absolute Gasteiger partial charge is 0.494 e. The maximum atomic E-state index is 12.8. The number of sulfonamides is 1. The van der Waals surface area contributed by atoms with Gasteiger partial charge in [0.15, 0.2) is 4.96 Å². The van der Waals surface area contributed by atoms with Crippen LogP contribution in [0.2, 0.25) is 0 Å². The first-order valence-electron chi connectivity index (χ1n) is 12.1. The van der Waals surface area contributed by atoms with E-state index < -0.39 is 10.0 Å². The van der Waals surface area contributed by atoms with Crippen LogP contribution in [-0.2, 0) is 21.2 Å². The third-order valence-electron chi connectivity index (χ3n) is 5.74. The van der Waals surface area contributed by atoms with Crippen molar-refractivity contribution < 1.29 is 17.9 Å². The molecule has 5 aromatic rings. The Morgan fingerprint density at radius 2 is 1.77 bits per heavy atom. The summed E-state index contributed by atoms with van der Waals surface area (Å²) in [6.45, 7) is 6.00. The summed E-state index contributed by atoms with van der Waals surface area (Å²) in [4.78, 5) is 26.6. The average Bonchev–Trinajstić information content (AvgIpc) is 3.46. The number of imidazole rings is 1. The number of amides is 1. The van der Waals surface area contributed by atoms with Gasteiger partial charge in [0.05, 0.1) is 23.6 Å². The molecule has 5 rings (SSSR count). The topological polar surface area (TPSA) is 128 Å². The van der Waals surface area contributed by atoms with Crippen molar-refractivity contribution in [2.45, 2.75) is 32.1 Å². The van der Waals surface area contributed by atoms with E-state index in [0.29, 0.717) is 23.8 Å². The highest BCUT2D eigenvalue weighted by atomic mass is 32.2. The van der Waals surface area contributed by atoms with E-state index in [-0.39, 0.29) is 23.0 Å². The molecule has 200 valence electrons. The number of nitrogens with zero attached hydrogens (tertiary/aromatic N) is 4. The van der Waals surface area contributed by atoms with Gasteiger partial charge in [0.2, 0.25) is 5.91 Å². The number of benzene rings is 2. The number of anilines is 2. The van der Waals surface area contributed by atoms with Gasteiger partial charge in [0.25, 0.3) is 10.0 Å². The van der Waals surface area contributed by atoms with E-state index in [1.807, 2.05) is 47.2 Å². The molecule has 2 N–H and O–H groups in total. The summed E-state index contributed by atoms with van der Waals surface area (Å²) in [5.41, 5.74) is 3.71. The van der Waals surface area contributed by atoms with Gasteiger partial charge in [0.1, 0.15) is 17.4 Å². The molecule has 3 aromatic heterocycles. The van der Waals surface area contributed by atoms with Crippen molar-refractivity contribution in [3.63, 3.8) is 0 Å². The molecular weight excluding hydrogens is 536 g/mol. The van der Waals surface area contributed by atoms with E-state index in [1.165, 1.54) is 23.5 Å². The summed E-state index contributed by atoms with van der Waals surface area (Å²) >= 11 is 1.46. The lowest BCUT2D eigenvalue weighted by Crippen LogP contribution is -2.16. The van der Waals surface area contributed by atoms with Crippen LogP contribution in [0.3, 0.4) is 0 Å². The SMILES string of the molecule is CCOc1ccc(-c2cn3c(CC(=O)Nc4ccc(S(=O)(=O)Nc5cc(C)nc(C)n5)cc4)csc3n2)cc1. The fraction of sp³-hybridized carbons (Fsp3) is 0.185. The first kappa shape index (κ1) is 26.3. The molecular formula is C27H26N6O4S2. The Morgan fingerprint density at radius 1 is 1.03 bits per heavy atom. The minimum atomic E-state index is -3.85. The van der Waals surface area contributed by atoms with E-state index >= 15 is 0 Å². The molecule has 12 heteroatoms. The zero-order chi connectivity index (χ0) is 27.6. The van der Waals surface area contributed by atoms with Crippen LogP contribution in [0, 0.1) is 13.8 Å². The summed E-state index contributed by atoms with van der Waals surface area (Å²) in [5.74, 6) is 1.24. The van der Waals surface area contributed by atoms with Crippen LogP contribution < -0.4 is 14.8 Å². The molecule has 0 bridgehead atoms. The number of nitrogens with one attached hydrogen (secondary N) is 2. The molecule has 1 amide bonds. The summed E-state index contributed by atoms with van der Waals surface area (Å²) in [5, 5.41) is 4.73. The zero-order valence-corrected chi connectivity index (χ0v) is 23.1. The van der Waals surface area contributed by atoms with Gasteiger partial charge in [-0.3, -0.25) is 13.9 Å². The molecule has 2 aromatic carbocycles. The predicted molar refractivity (Wildman–Crippen MR) is 151 cm³/mol. The Morgan fingerprint density at radius 3 is 2.46 bits per heavy atom. The van der Waals surface area contributed by atoms with Crippen LogP contribution in [-0.4, -0.2) is 40.3 Å². The molecule has 10 nitrogen and oxygen atoms in total. The number of carbonyl (C=O) groups is 1. The van der Waals surface area contributed by atoms with Gasteiger partial charge in [0, 0.05) is 40.3 Å². The molecule has 39 heavy (non-hydrogen) atoms. The Hall–Kier alpha value is -4.29. The number of aryl methyl sites for hydroxylation is 2. The van der Waals surface area contributed by atoms with E-state index in [2.05, 4.69) is 25.0 Å². The van der Waals surface area contributed by atoms with Crippen molar-refractivity contribution in [3.8, 4) is 17.0 Å². The first-order valence-corrected chi connectivity index (χ1v) is 14.5. The number of rotatable bonds is 9. The van der Waals surface area contributed by atoms with Gasteiger partial charge >= 0.3 is 0 Å². The molecule has 0 spiro atoms. The minimum absolute atomic E-state index is 0.0502. The molecule has 3 heterocycles. The Labute approximate surface area is 229 Å². The average molecular weight is 563 g/mol. The van der Waals surface area contributed by atoms with Crippen LogP contribution in [0.15, 0.2) is 71.1 Å². The van der Waals surface area contributed by atoms with E-state index in [1.54, 1.807) is 32.0 Å². The van der Waals surface area contributed by atoms with Gasteiger partial charge in [-0.2, -0.15) is 0 Å². The predicted octanol–water partition coefficient (Wildman–Crippen LogP) is 4.85. The summed E-state index contributed by atoms with van der Waals surface area (Å²) in [7, 11) is -3.85. The Balaban J connectivity index is 1.24. The maximum absolute atomic E-state index is 12.8. The molecule has 0 aliphatic carbocycles. The normalized spacial score (nSPS) is 11.5. The van der Waals surface area contributed by atoms with Crippen molar-refractivity contribution in [1.82, 2.24) is 19.4 Å². The standard InChI is InChI=1S/C27H26N6O4S2/c1-4-37-22-9-5-19(6-10-22)24-15-33-21(16-38-27(33)31-24)14-26(34)30-20-7-11-23(12-8-20)39(35,36)32-25-13-17(2)28-18(3)29-25/h5-13,15-16H,4,14H2,1-3H3,(H,30,34)(H,28,29,32). The molecule has 0 aliphatic heterocycles. The second-order valence-corrected chi connectivity index (χ2v) is 11.3. The number of aromatic nitrogens is 4. The highest BCUT2D eigenvalue weighted by molar-refractivity contribution is 7.92. The lowest BCUT2D eigenvalue weighted by atomic mass is 10.1. The van der Waals surface area contributed by atoms with Gasteiger partial charge in [-0.05, 0) is 69.3 Å². The van der Waals surface area contributed by atoms with E-state index in [4.69, 9.17) is 4.74 Å². The quantitative estimate of drug-likeness (QED) is 0.263. The number of carbonyl (C=O) groups excluding carboxylic acids is 1. The molecule has 0 atom stereocenters. The fourth-order valence-corrected chi connectivity index (χ4v) is 5.90. The van der Waals surface area contributed by atoms with Crippen molar-refractivity contribution in [2.24, 2.45) is 0 Å². The molecule has 0 aliphatic rings. The third-order valence-corrected chi connectivity index (χ3v) is 8.00. The van der Waals surface area contributed by atoms with E-state index in [0.717, 1.165) is 27.7 Å². The third kappa shape index (κ3) is 6.07. The smallest absolute Gasteiger partial charge is 0.263 e. The number of ether oxygens (including phenoxy) is 1. The monoisotopic (exact) mass is 562 g/mol. The van der Waals surface area contributed by atoms with Crippen LogP contribution in [0.4, 0.5) is 11.5 Å². The maximum Gasteiger partial charge on any atom is 0.263 e. The molecule has 0 fully saturated rings. The van der Waals surface area contributed by atoms with E-state index in [9.17, 15) is 13.2 Å². The van der Waals surface area contributed by atoms with Crippen LogP contribution in [0.1, 0.15) is 24.1 Å². The minimum Gasteiger partial charge on any atom is -0.494 e. The van der Waals surface area contributed by atoms with Gasteiger partial charge < -0.3 is 10.1 Å². The Kier molecular flexibility index (Phi) is 7.31.